The molecule has 8 rings (SSSR count). The molecule has 0 spiro atoms. The maximum atomic E-state index is 14.8. The number of thiophene rings is 1. The quantitative estimate of drug-likeness (QED) is 0.0363. The minimum atomic E-state index is -5.87. The number of ether oxygens (including phenoxy) is 1. The van der Waals surface area contributed by atoms with Crippen molar-refractivity contribution in [3.63, 3.8) is 0 Å². The SMILES string of the molecule is CC(C)(C)C(NC(=O)c1cc2cc(C(F)(F)P(=O)(O)O)ccc2s1)C(=O)N1CCN(C(=O)CC(=O)NCCCCCC#Cc2ccc3c(c2)C(=O)N(C2CCC(=O)NC2=O)C3=O)C[C@H]1C(=O)N1CCO[C@H](c2ccccc2)C1. The summed E-state index contributed by atoms with van der Waals surface area (Å²) in [5, 5.41) is 7.84. The van der Waals surface area contributed by atoms with Crippen molar-refractivity contribution in [2.45, 2.75) is 95.6 Å². The highest BCUT2D eigenvalue weighted by Crippen LogP contribution is 2.59. The first-order chi connectivity index (χ1) is 36.9. The van der Waals surface area contributed by atoms with Crippen LogP contribution in [-0.4, -0.2) is 147 Å². The molecule has 1 aromatic heterocycles. The molecule has 0 bridgehead atoms. The highest BCUT2D eigenvalue weighted by atomic mass is 32.1. The van der Waals surface area contributed by atoms with Crippen LogP contribution in [0.5, 0.6) is 0 Å². The molecule has 3 fully saturated rings. The van der Waals surface area contributed by atoms with E-state index in [0.29, 0.717) is 35.9 Å². The van der Waals surface area contributed by atoms with Gasteiger partial charge in [0.15, 0.2) is 0 Å². The zero-order valence-corrected chi connectivity index (χ0v) is 44.6. The second kappa shape index (κ2) is 23.4. The Morgan fingerprint density at radius 1 is 0.885 bits per heavy atom. The van der Waals surface area contributed by atoms with Crippen LogP contribution in [0.3, 0.4) is 0 Å². The number of rotatable bonds is 15. The first-order valence-electron chi connectivity index (χ1n) is 25.4. The molecule has 4 aliphatic rings. The minimum Gasteiger partial charge on any atom is -0.370 e. The molecular weight excluding hydrogens is 1060 g/mol. The maximum Gasteiger partial charge on any atom is 0.399 e. The molecule has 20 nitrogen and oxygen atoms in total. The summed E-state index contributed by atoms with van der Waals surface area (Å²) < 4.78 is 47.1. The van der Waals surface area contributed by atoms with E-state index in [-0.39, 0.29) is 80.1 Å². The van der Waals surface area contributed by atoms with Crippen molar-refractivity contribution >= 4 is 82.2 Å². The third kappa shape index (κ3) is 12.5. The molecule has 5 heterocycles. The smallest absolute Gasteiger partial charge is 0.370 e. The summed E-state index contributed by atoms with van der Waals surface area (Å²) in [6.45, 7) is 5.49. The lowest BCUT2D eigenvalue weighted by atomic mass is 9.85. The molecule has 3 aromatic carbocycles. The Morgan fingerprint density at radius 2 is 1.63 bits per heavy atom. The van der Waals surface area contributed by atoms with Gasteiger partial charge in [-0.25, -0.2) is 0 Å². The molecule has 0 saturated carbocycles. The normalized spacial score (nSPS) is 19.4. The second-order valence-corrected chi connectivity index (χ2v) is 23.2. The molecule has 4 aliphatic heterocycles. The molecule has 412 valence electrons. The number of piperidine rings is 1. The molecule has 9 amide bonds. The van der Waals surface area contributed by atoms with Crippen LogP contribution in [-0.2, 0) is 43.7 Å². The molecule has 24 heteroatoms. The number of alkyl halides is 2. The summed E-state index contributed by atoms with van der Waals surface area (Å²) in [6, 6.07) is 14.6. The number of nitrogens with one attached hydrogen (secondary N) is 3. The summed E-state index contributed by atoms with van der Waals surface area (Å²) in [7, 11) is -5.87. The van der Waals surface area contributed by atoms with E-state index in [1.807, 2.05) is 30.3 Å². The van der Waals surface area contributed by atoms with Gasteiger partial charge in [-0.2, -0.15) is 8.78 Å². The lowest BCUT2D eigenvalue weighted by molar-refractivity contribution is -0.158. The molecule has 3 saturated heterocycles. The molecule has 0 radical (unpaired) electrons. The van der Waals surface area contributed by atoms with Crippen LogP contribution < -0.4 is 16.0 Å². The summed E-state index contributed by atoms with van der Waals surface area (Å²) >= 11 is 0.918. The summed E-state index contributed by atoms with van der Waals surface area (Å²) in [6.07, 6.45) is 1.46. The molecule has 0 aliphatic carbocycles. The number of nitrogens with zero attached hydrogens (tertiary/aromatic N) is 4. The van der Waals surface area contributed by atoms with Crippen LogP contribution in [0.4, 0.5) is 8.78 Å². The lowest BCUT2D eigenvalue weighted by Crippen LogP contribution is -2.66. The van der Waals surface area contributed by atoms with Crippen molar-refractivity contribution in [3.05, 3.63) is 105 Å². The van der Waals surface area contributed by atoms with Gasteiger partial charge in [-0.3, -0.25) is 57.9 Å². The highest BCUT2D eigenvalue weighted by Gasteiger charge is 2.51. The number of piperazine rings is 1. The number of carbonyl (C=O) groups excluding carboxylic acids is 9. The zero-order chi connectivity index (χ0) is 56.3. The molecule has 2 unspecified atom stereocenters. The van der Waals surface area contributed by atoms with Crippen LogP contribution >= 0.6 is 18.9 Å². The number of imide groups is 2. The number of unbranched alkanes of at least 4 members (excludes halogenated alkanes) is 3. The van der Waals surface area contributed by atoms with Gasteiger partial charge in [0.05, 0.1) is 35.7 Å². The van der Waals surface area contributed by atoms with Crippen LogP contribution in [0.2, 0.25) is 0 Å². The fraction of sp³-hybridized carbons (Fsp3) is 0.426. The summed E-state index contributed by atoms with van der Waals surface area (Å²) in [4.78, 5) is 144. The third-order valence-electron chi connectivity index (χ3n) is 14.0. The largest absolute Gasteiger partial charge is 0.399 e. The molecule has 4 aromatic rings. The monoisotopic (exact) mass is 1110 g/mol. The number of hydrogen-bond acceptors (Lipinski definition) is 12. The van der Waals surface area contributed by atoms with Crippen LogP contribution in [0.25, 0.3) is 10.1 Å². The van der Waals surface area contributed by atoms with Crippen LogP contribution in [0.15, 0.2) is 72.8 Å². The van der Waals surface area contributed by atoms with Gasteiger partial charge in [-0.05, 0) is 72.0 Å². The van der Waals surface area contributed by atoms with Crippen molar-refractivity contribution in [1.82, 2.24) is 35.6 Å². The summed E-state index contributed by atoms with van der Waals surface area (Å²) in [5.41, 5.74) is -4.75. The van der Waals surface area contributed by atoms with Gasteiger partial charge in [-0.15, -0.1) is 11.3 Å². The van der Waals surface area contributed by atoms with Gasteiger partial charge < -0.3 is 39.9 Å². The first kappa shape index (κ1) is 57.0. The standard InChI is InChI=1S/C54H58F2N7O13PS/c1-53(2,3)46(59-48(68)42-28-34-27-35(16-19-41(34)78-42)54(55,56)77(73,74)75)52(72)62-23-22-60(30-39(62)51(71)61-24-25-76-40(31-61)33-13-9-7-10-14-33)45(66)29-44(65)57-21-11-6-4-5-8-12-32-15-17-36-37(26-32)50(70)63(49(36)69)38-18-20-43(64)58-47(38)67/h7,9-10,13-17,19,26-28,38-40,46H,4-6,11,18,20-25,29-31H2,1-3H3,(H,57,65)(H,59,68)(H,58,64,67)(H2,73,74,75)/t38?,39-,40-,46?/m0/s1. The number of fused-ring (bicyclic) bond motifs is 2. The van der Waals surface area contributed by atoms with E-state index in [1.165, 1.54) is 34.1 Å². The molecule has 5 N–H and O–H groups in total. The molecule has 4 atom stereocenters. The number of hydrogen-bond donors (Lipinski definition) is 5. The van der Waals surface area contributed by atoms with Gasteiger partial charge in [0.25, 0.3) is 17.7 Å². The second-order valence-electron chi connectivity index (χ2n) is 20.5. The molecule has 78 heavy (non-hydrogen) atoms. The van der Waals surface area contributed by atoms with E-state index in [2.05, 4.69) is 27.8 Å². The van der Waals surface area contributed by atoms with Crippen LogP contribution in [0.1, 0.15) is 119 Å². The van der Waals surface area contributed by atoms with E-state index in [1.54, 1.807) is 31.7 Å². The summed E-state index contributed by atoms with van der Waals surface area (Å²) in [5.74, 6) is 0.719. The Kier molecular flexibility index (Phi) is 17.1. The number of benzene rings is 3. The van der Waals surface area contributed by atoms with Gasteiger partial charge in [0, 0.05) is 54.8 Å². The van der Waals surface area contributed by atoms with E-state index in [0.717, 1.165) is 33.9 Å². The Morgan fingerprint density at radius 3 is 2.35 bits per heavy atom. The van der Waals surface area contributed by atoms with Gasteiger partial charge in [0.2, 0.25) is 35.4 Å². The first-order valence-corrected chi connectivity index (χ1v) is 27.8. The van der Waals surface area contributed by atoms with E-state index < -0.39 is 108 Å². The fourth-order valence-corrected chi connectivity index (χ4v) is 11.1. The minimum absolute atomic E-state index is 0.0129. The topological polar surface area (TPSA) is 269 Å². The maximum absolute atomic E-state index is 14.8. The average Bonchev–Trinajstić information content (AvgIpc) is 3.97. The number of halogens is 2. The van der Waals surface area contributed by atoms with Crippen molar-refractivity contribution in [2.24, 2.45) is 5.41 Å². The fourth-order valence-electron chi connectivity index (χ4n) is 9.71. The Bertz CT molecular complexity index is 3190. The third-order valence-corrected chi connectivity index (χ3v) is 16.1. The van der Waals surface area contributed by atoms with Gasteiger partial charge in [0.1, 0.15) is 30.7 Å². The van der Waals surface area contributed by atoms with Gasteiger partial charge >= 0.3 is 13.3 Å². The van der Waals surface area contributed by atoms with Gasteiger partial charge in [-0.1, -0.05) is 75.4 Å². The highest BCUT2D eigenvalue weighted by molar-refractivity contribution is 7.52. The number of carbonyl (C=O) groups is 9. The van der Waals surface area contributed by atoms with E-state index in [4.69, 9.17) is 4.74 Å². The Labute approximate surface area is 451 Å². The zero-order valence-electron chi connectivity index (χ0n) is 42.9. The number of amides is 9. The Balaban J connectivity index is 0.870. The predicted octanol–water partition coefficient (Wildman–Crippen LogP) is 4.43. The molecular formula is C54H58F2N7O13PS. The average molecular weight is 1110 g/mol. The van der Waals surface area contributed by atoms with Crippen LogP contribution in [0, 0.1) is 17.3 Å². The Hall–Kier alpha value is -7.22. The van der Waals surface area contributed by atoms with Crippen molar-refractivity contribution in [1.29, 1.82) is 0 Å². The van der Waals surface area contributed by atoms with E-state index >= 15 is 0 Å². The van der Waals surface area contributed by atoms with Crippen molar-refractivity contribution in [2.75, 3.05) is 45.9 Å². The van der Waals surface area contributed by atoms with E-state index in [9.17, 15) is 66.3 Å². The van der Waals surface area contributed by atoms with Crippen molar-refractivity contribution < 1.29 is 71.0 Å². The number of morpholine rings is 1. The lowest BCUT2D eigenvalue weighted by Gasteiger charge is -2.45. The van der Waals surface area contributed by atoms with Crippen molar-refractivity contribution in [3.8, 4) is 11.8 Å². The predicted molar refractivity (Wildman–Crippen MR) is 278 cm³/mol.